The van der Waals surface area contributed by atoms with Gasteiger partial charge in [-0.15, -0.1) is 0 Å². The number of halogens is 1. The van der Waals surface area contributed by atoms with Crippen LogP contribution in [0.1, 0.15) is 11.1 Å². The third kappa shape index (κ3) is 4.33. The fourth-order valence-corrected chi connectivity index (χ4v) is 1.87. The van der Waals surface area contributed by atoms with E-state index in [1.807, 2.05) is 7.05 Å². The molecule has 0 saturated heterocycles. The van der Waals surface area contributed by atoms with Crippen LogP contribution >= 0.6 is 15.9 Å². The molecule has 0 aromatic heterocycles. The second-order valence-corrected chi connectivity index (χ2v) is 4.79. The Labute approximate surface area is 101 Å². The van der Waals surface area contributed by atoms with Gasteiger partial charge in [0.1, 0.15) is 0 Å². The van der Waals surface area contributed by atoms with Crippen LogP contribution in [-0.2, 0) is 6.54 Å². The minimum Gasteiger partial charge on any atom is -0.318 e. The lowest BCUT2D eigenvalue weighted by molar-refractivity contribution is 0.327. The van der Waals surface area contributed by atoms with Crippen LogP contribution in [0.2, 0.25) is 0 Å². The fraction of sp³-hybridized carbons (Fsp3) is 0.500. The predicted octanol–water partition coefficient (Wildman–Crippen LogP) is 2.41. The number of nitrogens with zero attached hydrogens (tertiary/aromatic N) is 1. The van der Waals surface area contributed by atoms with Gasteiger partial charge in [0.05, 0.1) is 0 Å². The zero-order chi connectivity index (χ0) is 11.3. The molecule has 0 aliphatic carbocycles. The van der Waals surface area contributed by atoms with Crippen molar-refractivity contribution in [3.05, 3.63) is 33.8 Å². The van der Waals surface area contributed by atoms with E-state index in [0.29, 0.717) is 0 Å². The van der Waals surface area contributed by atoms with E-state index >= 15 is 0 Å². The quantitative estimate of drug-likeness (QED) is 0.884. The molecular weight excluding hydrogens is 252 g/mol. The maximum Gasteiger partial charge on any atom is 0.0242 e. The molecule has 0 heterocycles. The molecule has 84 valence electrons. The molecule has 0 amide bonds. The summed E-state index contributed by atoms with van der Waals surface area (Å²) < 4.78 is 1.20. The van der Waals surface area contributed by atoms with Gasteiger partial charge < -0.3 is 10.2 Å². The van der Waals surface area contributed by atoms with Crippen molar-refractivity contribution in [2.45, 2.75) is 13.5 Å². The molecule has 0 spiro atoms. The molecule has 3 heteroatoms. The molecule has 2 nitrogen and oxygen atoms in total. The summed E-state index contributed by atoms with van der Waals surface area (Å²) in [6.45, 7) is 5.21. The Morgan fingerprint density at radius 2 is 2.13 bits per heavy atom. The summed E-state index contributed by atoms with van der Waals surface area (Å²) >= 11 is 3.58. The third-order valence-corrected chi connectivity index (χ3v) is 3.16. The molecule has 0 atom stereocenters. The van der Waals surface area contributed by atoms with Gasteiger partial charge in [-0.05, 0) is 32.6 Å². The van der Waals surface area contributed by atoms with Gasteiger partial charge in [0, 0.05) is 24.1 Å². The van der Waals surface area contributed by atoms with Gasteiger partial charge in [0.2, 0.25) is 0 Å². The van der Waals surface area contributed by atoms with Crippen LogP contribution in [0.15, 0.2) is 22.7 Å². The average Bonchev–Trinajstić information content (AvgIpc) is 2.20. The van der Waals surface area contributed by atoms with Crippen LogP contribution in [0.3, 0.4) is 0 Å². The van der Waals surface area contributed by atoms with Crippen LogP contribution < -0.4 is 5.32 Å². The summed E-state index contributed by atoms with van der Waals surface area (Å²) in [6, 6.07) is 6.48. The van der Waals surface area contributed by atoms with Crippen molar-refractivity contribution in [1.82, 2.24) is 10.2 Å². The smallest absolute Gasteiger partial charge is 0.0242 e. The number of rotatable bonds is 5. The van der Waals surface area contributed by atoms with Crippen LogP contribution in [0.5, 0.6) is 0 Å². The lowest BCUT2D eigenvalue weighted by Crippen LogP contribution is -2.27. The molecular formula is C12H19BrN2. The van der Waals surface area contributed by atoms with Gasteiger partial charge in [0.25, 0.3) is 0 Å². The molecule has 1 N–H and O–H groups in total. The number of nitrogens with one attached hydrogen (secondary N) is 1. The summed E-state index contributed by atoms with van der Waals surface area (Å²) in [7, 11) is 4.13. The molecule has 0 radical (unpaired) electrons. The lowest BCUT2D eigenvalue weighted by atomic mass is 10.1. The Balaban J connectivity index is 2.59. The molecule has 0 unspecified atom stereocenters. The number of likely N-dealkylation sites (N-methyl/N-ethyl adjacent to an activating group) is 2. The largest absolute Gasteiger partial charge is 0.318 e. The summed E-state index contributed by atoms with van der Waals surface area (Å²) in [5.41, 5.74) is 2.67. The van der Waals surface area contributed by atoms with Crippen molar-refractivity contribution in [1.29, 1.82) is 0 Å². The normalized spacial score (nSPS) is 11.0. The van der Waals surface area contributed by atoms with Crippen molar-refractivity contribution in [3.8, 4) is 0 Å². The van der Waals surface area contributed by atoms with Crippen molar-refractivity contribution in [3.63, 3.8) is 0 Å². The van der Waals surface area contributed by atoms with Gasteiger partial charge in [-0.3, -0.25) is 0 Å². The Kier molecular flexibility index (Phi) is 5.29. The Hall–Kier alpha value is -0.380. The van der Waals surface area contributed by atoms with Crippen molar-refractivity contribution >= 4 is 15.9 Å². The third-order valence-electron chi connectivity index (χ3n) is 2.39. The highest BCUT2D eigenvalue weighted by atomic mass is 79.9. The van der Waals surface area contributed by atoms with E-state index < -0.39 is 0 Å². The standard InChI is InChI=1S/C12H19BrN2/c1-10-4-5-12(13)11(8-10)9-15(3)7-6-14-2/h4-5,8,14H,6-7,9H2,1-3H3. The molecule has 0 fully saturated rings. The molecule has 0 saturated carbocycles. The lowest BCUT2D eigenvalue weighted by Gasteiger charge is -2.17. The first-order chi connectivity index (χ1) is 7.13. The van der Waals surface area contributed by atoms with Crippen molar-refractivity contribution in [2.75, 3.05) is 27.2 Å². The average molecular weight is 271 g/mol. The summed E-state index contributed by atoms with van der Waals surface area (Å²) in [5.74, 6) is 0. The van der Waals surface area contributed by atoms with E-state index in [4.69, 9.17) is 0 Å². The SMILES string of the molecule is CNCCN(C)Cc1cc(C)ccc1Br. The second kappa shape index (κ2) is 6.26. The highest BCUT2D eigenvalue weighted by molar-refractivity contribution is 9.10. The van der Waals surface area contributed by atoms with Crippen molar-refractivity contribution in [2.24, 2.45) is 0 Å². The minimum atomic E-state index is 0.990. The molecule has 0 bridgehead atoms. The first-order valence-electron chi connectivity index (χ1n) is 5.21. The molecule has 15 heavy (non-hydrogen) atoms. The van der Waals surface area contributed by atoms with E-state index in [1.54, 1.807) is 0 Å². The minimum absolute atomic E-state index is 0.990. The van der Waals surface area contributed by atoms with Gasteiger partial charge in [-0.2, -0.15) is 0 Å². The van der Waals surface area contributed by atoms with Crippen LogP contribution in [0, 0.1) is 6.92 Å². The maximum atomic E-state index is 3.58. The van der Waals surface area contributed by atoms with Crippen LogP contribution in [0.25, 0.3) is 0 Å². The van der Waals surface area contributed by atoms with E-state index in [2.05, 4.69) is 58.3 Å². The van der Waals surface area contributed by atoms with Crippen molar-refractivity contribution < 1.29 is 0 Å². The first-order valence-corrected chi connectivity index (χ1v) is 6.01. The maximum absolute atomic E-state index is 3.58. The molecule has 1 rings (SSSR count). The van der Waals surface area contributed by atoms with Gasteiger partial charge in [0.15, 0.2) is 0 Å². The Morgan fingerprint density at radius 1 is 1.40 bits per heavy atom. The second-order valence-electron chi connectivity index (χ2n) is 3.94. The molecule has 1 aromatic rings. The van der Waals surface area contributed by atoms with Crippen LogP contribution in [-0.4, -0.2) is 32.1 Å². The highest BCUT2D eigenvalue weighted by Gasteiger charge is 2.03. The van der Waals surface area contributed by atoms with Gasteiger partial charge in [-0.25, -0.2) is 0 Å². The number of hydrogen-bond donors (Lipinski definition) is 1. The monoisotopic (exact) mass is 270 g/mol. The van der Waals surface area contributed by atoms with E-state index in [9.17, 15) is 0 Å². The zero-order valence-corrected chi connectivity index (χ0v) is 11.3. The van der Waals surface area contributed by atoms with E-state index in [-0.39, 0.29) is 0 Å². The topological polar surface area (TPSA) is 15.3 Å². The van der Waals surface area contributed by atoms with E-state index in [0.717, 1.165) is 19.6 Å². The number of benzene rings is 1. The summed E-state index contributed by atoms with van der Waals surface area (Å²) in [4.78, 5) is 2.32. The fourth-order valence-electron chi connectivity index (χ4n) is 1.50. The number of hydrogen-bond acceptors (Lipinski definition) is 2. The highest BCUT2D eigenvalue weighted by Crippen LogP contribution is 2.19. The summed E-state index contributed by atoms with van der Waals surface area (Å²) in [6.07, 6.45) is 0. The van der Waals surface area contributed by atoms with Gasteiger partial charge in [-0.1, -0.05) is 33.6 Å². The predicted molar refractivity (Wildman–Crippen MR) is 69.1 cm³/mol. The molecule has 0 aliphatic heterocycles. The summed E-state index contributed by atoms with van der Waals surface area (Å²) in [5, 5.41) is 3.16. The van der Waals surface area contributed by atoms with Gasteiger partial charge >= 0.3 is 0 Å². The van der Waals surface area contributed by atoms with Crippen LogP contribution in [0.4, 0.5) is 0 Å². The van der Waals surface area contributed by atoms with E-state index in [1.165, 1.54) is 15.6 Å². The molecule has 1 aromatic carbocycles. The Morgan fingerprint density at radius 3 is 2.80 bits per heavy atom. The first kappa shape index (κ1) is 12.7. The zero-order valence-electron chi connectivity index (χ0n) is 9.68. The molecule has 0 aliphatic rings. The Bertz CT molecular complexity index is 312. The number of aryl methyl sites for hydroxylation is 1.